The topological polar surface area (TPSA) is 0 Å². The van der Waals surface area contributed by atoms with E-state index in [4.69, 9.17) is 0 Å². The Morgan fingerprint density at radius 3 is 2.08 bits per heavy atom. The van der Waals surface area contributed by atoms with Gasteiger partial charge in [0.2, 0.25) is 0 Å². The van der Waals surface area contributed by atoms with Crippen LogP contribution in [0.4, 0.5) is 0 Å². The van der Waals surface area contributed by atoms with E-state index in [9.17, 15) is 0 Å². The molecule has 1 rings (SSSR count). The predicted octanol–water partition coefficient (Wildman–Crippen LogP) is -0.189. The molecule has 0 unspecified atom stereocenters. The van der Waals surface area contributed by atoms with Gasteiger partial charge in [0.15, 0.2) is 0 Å². The lowest BCUT2D eigenvalue weighted by molar-refractivity contribution is -0.931. The van der Waals surface area contributed by atoms with E-state index in [1.165, 1.54) is 62.8 Å². The molecule has 1 saturated heterocycles. The van der Waals surface area contributed by atoms with Crippen molar-refractivity contribution in [2.45, 2.75) is 46.0 Å². The molecule has 1 aliphatic heterocycles. The van der Waals surface area contributed by atoms with E-state index in [0.717, 1.165) is 0 Å². The average Bonchev–Trinajstić information content (AvgIpc) is 2.16. The van der Waals surface area contributed by atoms with Gasteiger partial charge in [-0.15, -0.1) is 0 Å². The lowest BCUT2D eigenvalue weighted by Crippen LogP contribution is -3.00. The Kier molecular flexibility index (Phi) is 7.06. The molecule has 1 fully saturated rings. The molecule has 0 atom stereocenters. The maximum Gasteiger partial charge on any atom is 0.0786 e. The first-order chi connectivity index (χ1) is 5.83. The predicted molar refractivity (Wildman–Crippen MR) is 54.2 cm³/mol. The van der Waals surface area contributed by atoms with E-state index < -0.39 is 0 Å². The Bertz CT molecular complexity index is 119. The molecular formula is C11H24BrN. The van der Waals surface area contributed by atoms with Gasteiger partial charge in [0.25, 0.3) is 0 Å². The highest BCUT2D eigenvalue weighted by Gasteiger charge is 2.26. The molecule has 1 heterocycles. The number of hydrogen-bond acceptors (Lipinski definition) is 0. The van der Waals surface area contributed by atoms with Gasteiger partial charge < -0.3 is 21.5 Å². The number of halogens is 1. The van der Waals surface area contributed by atoms with Crippen LogP contribution in [0.5, 0.6) is 0 Å². The molecule has 2 heteroatoms. The third-order valence-corrected chi connectivity index (χ3v) is 3.42. The summed E-state index contributed by atoms with van der Waals surface area (Å²) in [5.74, 6) is 0. The van der Waals surface area contributed by atoms with Crippen LogP contribution in [0.1, 0.15) is 46.0 Å². The Hall–Kier alpha value is 0.440. The molecule has 0 aliphatic carbocycles. The highest BCUT2D eigenvalue weighted by molar-refractivity contribution is 4.53. The normalized spacial score (nSPS) is 20.8. The van der Waals surface area contributed by atoms with Crippen LogP contribution in [-0.4, -0.2) is 30.7 Å². The number of likely N-dealkylation sites (tertiary alicyclic amines) is 1. The van der Waals surface area contributed by atoms with Gasteiger partial charge in [0.05, 0.1) is 26.2 Å². The zero-order valence-corrected chi connectivity index (χ0v) is 10.8. The van der Waals surface area contributed by atoms with Crippen molar-refractivity contribution >= 4 is 0 Å². The number of hydrogen-bond donors (Lipinski definition) is 0. The summed E-state index contributed by atoms with van der Waals surface area (Å²) in [6.07, 6.45) is 7.20. The van der Waals surface area contributed by atoms with Crippen LogP contribution in [0.25, 0.3) is 0 Å². The van der Waals surface area contributed by atoms with Crippen LogP contribution in [0, 0.1) is 0 Å². The number of nitrogens with zero attached hydrogens (tertiary/aromatic N) is 1. The molecule has 1 nitrogen and oxygen atoms in total. The monoisotopic (exact) mass is 249 g/mol. The summed E-state index contributed by atoms with van der Waals surface area (Å²) in [5, 5.41) is 0. The van der Waals surface area contributed by atoms with Crippen LogP contribution in [0.15, 0.2) is 0 Å². The van der Waals surface area contributed by atoms with Gasteiger partial charge in [0.1, 0.15) is 0 Å². The summed E-state index contributed by atoms with van der Waals surface area (Å²) < 4.78 is 1.42. The fourth-order valence-electron chi connectivity index (χ4n) is 2.37. The third-order valence-electron chi connectivity index (χ3n) is 3.42. The lowest BCUT2D eigenvalue weighted by Gasteiger charge is -2.40. The van der Waals surface area contributed by atoms with Crippen LogP contribution >= 0.6 is 0 Å². The van der Waals surface area contributed by atoms with E-state index in [0.29, 0.717) is 0 Å². The van der Waals surface area contributed by atoms with Crippen molar-refractivity contribution in [3.8, 4) is 0 Å². The largest absolute Gasteiger partial charge is 1.00 e. The average molecular weight is 250 g/mol. The molecule has 0 aromatic rings. The van der Waals surface area contributed by atoms with Crippen molar-refractivity contribution in [3.05, 3.63) is 0 Å². The van der Waals surface area contributed by atoms with Gasteiger partial charge >= 0.3 is 0 Å². The summed E-state index contributed by atoms with van der Waals surface area (Å²) >= 11 is 0. The number of quaternary nitrogens is 1. The van der Waals surface area contributed by atoms with Crippen LogP contribution in [0.3, 0.4) is 0 Å². The summed E-state index contributed by atoms with van der Waals surface area (Å²) in [6, 6.07) is 0. The van der Waals surface area contributed by atoms with Gasteiger partial charge in [-0.1, -0.05) is 13.3 Å². The maximum atomic E-state index is 2.36. The Balaban J connectivity index is 0.00000144. The zero-order valence-electron chi connectivity index (χ0n) is 9.19. The first kappa shape index (κ1) is 13.4. The minimum absolute atomic E-state index is 0. The second-order valence-corrected chi connectivity index (χ2v) is 4.24. The van der Waals surface area contributed by atoms with E-state index in [2.05, 4.69) is 13.8 Å². The molecule has 0 bridgehead atoms. The highest BCUT2D eigenvalue weighted by atomic mass is 79.9. The van der Waals surface area contributed by atoms with Gasteiger partial charge in [-0.25, -0.2) is 0 Å². The standard InChI is InChI=1S/C11H24N.BrH/c1-3-5-9-12(4-2)10-7-6-8-11-12;/h3-11H2,1-2H3;1H/q+1;/p-1. The van der Waals surface area contributed by atoms with Crippen molar-refractivity contribution in [2.24, 2.45) is 0 Å². The molecule has 0 spiro atoms. The van der Waals surface area contributed by atoms with Gasteiger partial charge in [-0.2, -0.15) is 0 Å². The Labute approximate surface area is 93.9 Å². The van der Waals surface area contributed by atoms with Crippen molar-refractivity contribution < 1.29 is 21.5 Å². The number of unbranched alkanes of at least 4 members (excludes halogenated alkanes) is 1. The summed E-state index contributed by atoms with van der Waals surface area (Å²) in [6.45, 7) is 10.4. The van der Waals surface area contributed by atoms with Crippen molar-refractivity contribution in [3.63, 3.8) is 0 Å². The molecule has 1 aliphatic rings. The summed E-state index contributed by atoms with van der Waals surface area (Å²) in [4.78, 5) is 0. The van der Waals surface area contributed by atoms with Gasteiger partial charge in [-0.05, 0) is 32.6 Å². The second-order valence-electron chi connectivity index (χ2n) is 4.24. The van der Waals surface area contributed by atoms with E-state index >= 15 is 0 Å². The molecular weight excluding hydrogens is 226 g/mol. The fourth-order valence-corrected chi connectivity index (χ4v) is 2.37. The molecule has 0 saturated carbocycles. The summed E-state index contributed by atoms with van der Waals surface area (Å²) in [5.41, 5.74) is 0. The van der Waals surface area contributed by atoms with Gasteiger partial charge in [0, 0.05) is 0 Å². The molecule has 0 N–H and O–H groups in total. The van der Waals surface area contributed by atoms with Crippen molar-refractivity contribution in [1.29, 1.82) is 0 Å². The molecule has 0 aromatic carbocycles. The van der Waals surface area contributed by atoms with Crippen molar-refractivity contribution in [1.82, 2.24) is 0 Å². The minimum atomic E-state index is 0. The Morgan fingerprint density at radius 2 is 1.62 bits per heavy atom. The minimum Gasteiger partial charge on any atom is -1.00 e. The SMILES string of the molecule is CCCC[N+]1(CC)CCCCC1.[Br-]. The lowest BCUT2D eigenvalue weighted by atomic mass is 10.1. The quantitative estimate of drug-likeness (QED) is 0.607. The van der Waals surface area contributed by atoms with E-state index in [1.807, 2.05) is 0 Å². The third kappa shape index (κ3) is 3.99. The van der Waals surface area contributed by atoms with E-state index in [-0.39, 0.29) is 17.0 Å². The maximum absolute atomic E-state index is 2.36. The smallest absolute Gasteiger partial charge is 0.0786 e. The number of rotatable bonds is 4. The Morgan fingerprint density at radius 1 is 1.00 bits per heavy atom. The highest BCUT2D eigenvalue weighted by Crippen LogP contribution is 2.19. The molecule has 0 radical (unpaired) electrons. The van der Waals surface area contributed by atoms with Crippen LogP contribution < -0.4 is 17.0 Å². The van der Waals surface area contributed by atoms with Crippen molar-refractivity contribution in [2.75, 3.05) is 26.2 Å². The first-order valence-electron chi connectivity index (χ1n) is 5.68. The van der Waals surface area contributed by atoms with Crippen LogP contribution in [-0.2, 0) is 0 Å². The first-order valence-corrected chi connectivity index (χ1v) is 5.68. The molecule has 0 aromatic heterocycles. The summed E-state index contributed by atoms with van der Waals surface area (Å²) in [7, 11) is 0. The second kappa shape index (κ2) is 6.83. The van der Waals surface area contributed by atoms with Gasteiger partial charge in [-0.3, -0.25) is 0 Å². The molecule has 13 heavy (non-hydrogen) atoms. The zero-order chi connectivity index (χ0) is 8.86. The fraction of sp³-hybridized carbons (Fsp3) is 1.00. The van der Waals surface area contributed by atoms with E-state index in [1.54, 1.807) is 0 Å². The van der Waals surface area contributed by atoms with Crippen LogP contribution in [0.2, 0.25) is 0 Å². The number of piperidine rings is 1. The molecule has 80 valence electrons. The molecule has 0 amide bonds.